The third-order valence-electron chi connectivity index (χ3n) is 2.68. The lowest BCUT2D eigenvalue weighted by Gasteiger charge is -2.05. The van der Waals surface area contributed by atoms with Crippen LogP contribution < -0.4 is 10.1 Å². The van der Waals surface area contributed by atoms with Gasteiger partial charge in [-0.05, 0) is 38.1 Å². The molecule has 0 fully saturated rings. The van der Waals surface area contributed by atoms with Crippen LogP contribution in [0.3, 0.4) is 0 Å². The Labute approximate surface area is 105 Å². The Morgan fingerprint density at radius 3 is 2.59 bits per heavy atom. The van der Waals surface area contributed by atoms with Crippen molar-refractivity contribution in [3.63, 3.8) is 0 Å². The van der Waals surface area contributed by atoms with Gasteiger partial charge in [0.05, 0.1) is 6.61 Å². The Balaban J connectivity index is 2.47. The molecular weight excluding hydrogens is 210 g/mol. The first-order chi connectivity index (χ1) is 8.26. The number of hydrogen-bond donors (Lipinski definition) is 1. The normalized spacial score (nSPS) is 12.9. The van der Waals surface area contributed by atoms with E-state index < -0.39 is 0 Å². The molecule has 1 aromatic rings. The van der Waals surface area contributed by atoms with Crippen LogP contribution in [0.4, 0.5) is 0 Å². The third kappa shape index (κ3) is 5.55. The molecule has 0 saturated carbocycles. The van der Waals surface area contributed by atoms with Crippen LogP contribution in [-0.2, 0) is 0 Å². The molecular formula is C15H23NO. The summed E-state index contributed by atoms with van der Waals surface area (Å²) in [6.07, 6.45) is 6.55. The lowest BCUT2D eigenvalue weighted by Crippen LogP contribution is -2.17. The molecule has 94 valence electrons. The Hall–Kier alpha value is -1.28. The standard InChI is InChI=1S/C15H23NO/c1-4-5-12-17-15-10-8-14(9-11-15)7-6-13(2)16-3/h6-11,13,16H,4-5,12H2,1-3H3/b7-6+. The monoisotopic (exact) mass is 233 g/mol. The molecule has 1 N–H and O–H groups in total. The highest BCUT2D eigenvalue weighted by Crippen LogP contribution is 2.13. The number of hydrogen-bond acceptors (Lipinski definition) is 2. The molecule has 0 spiro atoms. The van der Waals surface area contributed by atoms with E-state index in [4.69, 9.17) is 4.74 Å². The average molecular weight is 233 g/mol. The van der Waals surface area contributed by atoms with E-state index in [9.17, 15) is 0 Å². The molecule has 2 heteroatoms. The topological polar surface area (TPSA) is 21.3 Å². The van der Waals surface area contributed by atoms with Crippen molar-refractivity contribution in [2.24, 2.45) is 0 Å². The van der Waals surface area contributed by atoms with E-state index in [1.165, 1.54) is 12.0 Å². The summed E-state index contributed by atoms with van der Waals surface area (Å²) < 4.78 is 5.61. The summed E-state index contributed by atoms with van der Waals surface area (Å²) in [5, 5.41) is 3.17. The lowest BCUT2D eigenvalue weighted by molar-refractivity contribution is 0.309. The predicted molar refractivity (Wildman–Crippen MR) is 74.4 cm³/mol. The molecule has 0 radical (unpaired) electrons. The van der Waals surface area contributed by atoms with Gasteiger partial charge in [-0.3, -0.25) is 0 Å². The van der Waals surface area contributed by atoms with E-state index in [-0.39, 0.29) is 0 Å². The fourth-order valence-electron chi connectivity index (χ4n) is 1.36. The largest absolute Gasteiger partial charge is 0.494 e. The van der Waals surface area contributed by atoms with Crippen molar-refractivity contribution in [2.45, 2.75) is 32.7 Å². The van der Waals surface area contributed by atoms with Gasteiger partial charge < -0.3 is 10.1 Å². The molecule has 0 aliphatic rings. The van der Waals surface area contributed by atoms with Crippen molar-refractivity contribution < 1.29 is 4.74 Å². The minimum Gasteiger partial charge on any atom is -0.494 e. The summed E-state index contributed by atoms with van der Waals surface area (Å²) in [6.45, 7) is 5.10. The van der Waals surface area contributed by atoms with Gasteiger partial charge in [-0.15, -0.1) is 0 Å². The van der Waals surface area contributed by atoms with Gasteiger partial charge in [-0.25, -0.2) is 0 Å². The number of likely N-dealkylation sites (N-methyl/N-ethyl adjacent to an activating group) is 1. The molecule has 17 heavy (non-hydrogen) atoms. The molecule has 0 bridgehead atoms. The van der Waals surface area contributed by atoms with Crippen molar-refractivity contribution in [3.05, 3.63) is 35.9 Å². The maximum atomic E-state index is 5.61. The fraction of sp³-hybridized carbons (Fsp3) is 0.467. The van der Waals surface area contributed by atoms with Crippen molar-refractivity contribution >= 4 is 6.08 Å². The van der Waals surface area contributed by atoms with E-state index in [0.29, 0.717) is 6.04 Å². The fourth-order valence-corrected chi connectivity index (χ4v) is 1.36. The number of rotatable bonds is 7. The van der Waals surface area contributed by atoms with Gasteiger partial charge in [0.1, 0.15) is 5.75 Å². The zero-order valence-corrected chi connectivity index (χ0v) is 11.1. The Morgan fingerprint density at radius 1 is 1.29 bits per heavy atom. The molecule has 0 aliphatic carbocycles. The van der Waals surface area contributed by atoms with E-state index in [1.807, 2.05) is 19.2 Å². The quantitative estimate of drug-likeness (QED) is 0.728. The maximum Gasteiger partial charge on any atom is 0.119 e. The van der Waals surface area contributed by atoms with Gasteiger partial charge in [0, 0.05) is 6.04 Å². The van der Waals surface area contributed by atoms with Gasteiger partial charge in [0.15, 0.2) is 0 Å². The van der Waals surface area contributed by atoms with Gasteiger partial charge in [-0.1, -0.05) is 37.6 Å². The molecule has 0 saturated heterocycles. The van der Waals surface area contributed by atoms with Crippen molar-refractivity contribution in [1.29, 1.82) is 0 Å². The van der Waals surface area contributed by atoms with Gasteiger partial charge in [0.25, 0.3) is 0 Å². The van der Waals surface area contributed by atoms with E-state index >= 15 is 0 Å². The van der Waals surface area contributed by atoms with Crippen LogP contribution in [0.15, 0.2) is 30.3 Å². The number of unbranched alkanes of at least 4 members (excludes halogenated alkanes) is 1. The molecule has 1 aromatic carbocycles. The second-order valence-electron chi connectivity index (χ2n) is 4.21. The predicted octanol–water partition coefficient (Wildman–Crippen LogP) is 3.49. The zero-order valence-electron chi connectivity index (χ0n) is 11.1. The minimum atomic E-state index is 0.399. The SMILES string of the molecule is CCCCOc1ccc(/C=C/C(C)NC)cc1. The summed E-state index contributed by atoms with van der Waals surface area (Å²) in [7, 11) is 1.96. The summed E-state index contributed by atoms with van der Waals surface area (Å²) in [6, 6.07) is 8.62. The average Bonchev–Trinajstić information content (AvgIpc) is 2.37. The maximum absolute atomic E-state index is 5.61. The van der Waals surface area contributed by atoms with Crippen LogP contribution in [0.5, 0.6) is 5.75 Å². The van der Waals surface area contributed by atoms with Crippen LogP contribution in [0.1, 0.15) is 32.3 Å². The molecule has 0 aromatic heterocycles. The first-order valence-electron chi connectivity index (χ1n) is 6.34. The Morgan fingerprint density at radius 2 is 2.00 bits per heavy atom. The molecule has 1 unspecified atom stereocenters. The molecule has 0 aliphatic heterocycles. The van der Waals surface area contributed by atoms with E-state index in [2.05, 4.69) is 43.4 Å². The molecule has 0 heterocycles. The molecule has 0 amide bonds. The molecule has 1 atom stereocenters. The smallest absolute Gasteiger partial charge is 0.119 e. The summed E-state index contributed by atoms with van der Waals surface area (Å²) in [5.74, 6) is 0.956. The Kier molecular flexibility index (Phi) is 6.41. The van der Waals surface area contributed by atoms with Crippen LogP contribution in [-0.4, -0.2) is 19.7 Å². The second kappa shape index (κ2) is 7.91. The zero-order chi connectivity index (χ0) is 12.5. The van der Waals surface area contributed by atoms with Crippen LogP contribution in [0, 0.1) is 0 Å². The summed E-state index contributed by atoms with van der Waals surface area (Å²) in [5.41, 5.74) is 1.20. The van der Waals surface area contributed by atoms with Crippen LogP contribution in [0.2, 0.25) is 0 Å². The first-order valence-corrected chi connectivity index (χ1v) is 6.34. The number of benzene rings is 1. The van der Waals surface area contributed by atoms with Gasteiger partial charge >= 0.3 is 0 Å². The van der Waals surface area contributed by atoms with E-state index in [0.717, 1.165) is 18.8 Å². The van der Waals surface area contributed by atoms with Gasteiger partial charge in [-0.2, -0.15) is 0 Å². The van der Waals surface area contributed by atoms with E-state index in [1.54, 1.807) is 0 Å². The third-order valence-corrected chi connectivity index (χ3v) is 2.68. The van der Waals surface area contributed by atoms with Crippen LogP contribution >= 0.6 is 0 Å². The molecule has 2 nitrogen and oxygen atoms in total. The lowest BCUT2D eigenvalue weighted by atomic mass is 10.2. The first kappa shape index (κ1) is 13.8. The van der Waals surface area contributed by atoms with Gasteiger partial charge in [0.2, 0.25) is 0 Å². The summed E-state index contributed by atoms with van der Waals surface area (Å²) >= 11 is 0. The number of nitrogens with one attached hydrogen (secondary N) is 1. The highest BCUT2D eigenvalue weighted by Gasteiger charge is 1.94. The van der Waals surface area contributed by atoms with Crippen molar-refractivity contribution in [1.82, 2.24) is 5.32 Å². The van der Waals surface area contributed by atoms with Crippen LogP contribution in [0.25, 0.3) is 6.08 Å². The minimum absolute atomic E-state index is 0.399. The van der Waals surface area contributed by atoms with Crippen molar-refractivity contribution in [3.8, 4) is 5.75 Å². The number of ether oxygens (including phenoxy) is 1. The summed E-state index contributed by atoms with van der Waals surface area (Å²) in [4.78, 5) is 0. The molecule has 1 rings (SSSR count). The second-order valence-corrected chi connectivity index (χ2v) is 4.21. The Bertz CT molecular complexity index is 329. The highest BCUT2D eigenvalue weighted by atomic mass is 16.5. The van der Waals surface area contributed by atoms with Crippen molar-refractivity contribution in [2.75, 3.05) is 13.7 Å². The highest BCUT2D eigenvalue weighted by molar-refractivity contribution is 5.51.